The van der Waals surface area contributed by atoms with Crippen molar-refractivity contribution in [2.45, 2.75) is 0 Å². The van der Waals surface area contributed by atoms with Crippen LogP contribution in [0.1, 0.15) is 5.56 Å². The molecule has 8 heteroatoms. The zero-order valence-corrected chi connectivity index (χ0v) is 10.4. The number of nitrogens with zero attached hydrogens (tertiary/aromatic N) is 1. The molecule has 1 aromatic rings. The number of nitro benzene ring substituents is 1. The third-order valence-corrected chi connectivity index (χ3v) is 3.33. The van der Waals surface area contributed by atoms with Crippen LogP contribution in [0.5, 0.6) is 5.75 Å². The van der Waals surface area contributed by atoms with Crippen LogP contribution in [0, 0.1) is 10.1 Å². The van der Waals surface area contributed by atoms with Crippen molar-refractivity contribution in [1.29, 1.82) is 0 Å². The summed E-state index contributed by atoms with van der Waals surface area (Å²) in [6.45, 7) is 0. The highest BCUT2D eigenvalue weighted by Crippen LogP contribution is 2.33. The molecule has 0 spiro atoms. The van der Waals surface area contributed by atoms with E-state index in [1.54, 1.807) is 0 Å². The number of thioether (sulfide) groups is 1. The van der Waals surface area contributed by atoms with E-state index < -0.39 is 16.4 Å². The molecular weight excluding hydrogens is 276 g/mol. The Balaban J connectivity index is 2.44. The van der Waals surface area contributed by atoms with Crippen LogP contribution in [-0.2, 0) is 4.79 Å². The lowest BCUT2D eigenvalue weighted by Gasteiger charge is -2.00. The van der Waals surface area contributed by atoms with Crippen molar-refractivity contribution in [3.05, 3.63) is 38.8 Å². The third-order valence-electron chi connectivity index (χ3n) is 2.17. The number of nitro groups is 1. The fourth-order valence-corrected chi connectivity index (χ4v) is 2.41. The van der Waals surface area contributed by atoms with Gasteiger partial charge in [-0.05, 0) is 6.08 Å². The maximum absolute atomic E-state index is 11.4. The Kier molecular flexibility index (Phi) is 3.30. The molecule has 1 aliphatic heterocycles. The van der Waals surface area contributed by atoms with Crippen LogP contribution in [0.25, 0.3) is 6.08 Å². The molecule has 6 nitrogen and oxygen atoms in total. The van der Waals surface area contributed by atoms with Gasteiger partial charge in [0.05, 0.1) is 9.83 Å². The zero-order valence-electron chi connectivity index (χ0n) is 8.75. The lowest BCUT2D eigenvalue weighted by Crippen LogP contribution is -2.17. The summed E-state index contributed by atoms with van der Waals surface area (Å²) in [5.41, 5.74) is -0.207. The van der Waals surface area contributed by atoms with Crippen LogP contribution in [0.4, 0.5) is 5.69 Å². The number of carbonyl (C=O) groups is 1. The number of phenolic OH excluding ortho intramolecular Hbond substituents is 1. The van der Waals surface area contributed by atoms with Crippen LogP contribution in [-0.4, -0.2) is 20.3 Å². The first kappa shape index (κ1) is 12.5. The molecule has 2 N–H and O–H groups in total. The van der Waals surface area contributed by atoms with Gasteiger partial charge in [0.15, 0.2) is 0 Å². The standard InChI is InChI=1S/C10H6N2O4S2/c13-8-5(2-1-3-6(8)12(15)16)4-7-9(14)11-10(17)18-7/h1-4,13H,(H,11,14,17)/b7-4-. The lowest BCUT2D eigenvalue weighted by atomic mass is 10.1. The molecule has 92 valence electrons. The van der Waals surface area contributed by atoms with Crippen LogP contribution in [0.2, 0.25) is 0 Å². The molecule has 18 heavy (non-hydrogen) atoms. The maximum atomic E-state index is 11.4. The van der Waals surface area contributed by atoms with E-state index in [9.17, 15) is 20.0 Å². The molecule has 0 aromatic heterocycles. The predicted octanol–water partition coefficient (Wildman–Crippen LogP) is 1.79. The molecular formula is C10H6N2O4S2. The Labute approximate surface area is 111 Å². The normalized spacial score (nSPS) is 17.0. The van der Waals surface area contributed by atoms with Gasteiger partial charge in [-0.1, -0.05) is 36.1 Å². The number of para-hydroxylation sites is 1. The maximum Gasteiger partial charge on any atom is 0.311 e. The van der Waals surface area contributed by atoms with Gasteiger partial charge in [0.25, 0.3) is 5.91 Å². The van der Waals surface area contributed by atoms with E-state index in [0.717, 1.165) is 11.8 Å². The first-order chi connectivity index (χ1) is 8.49. The van der Waals surface area contributed by atoms with Gasteiger partial charge in [0.2, 0.25) is 5.75 Å². The van der Waals surface area contributed by atoms with Crippen molar-refractivity contribution >= 4 is 46.0 Å². The molecule has 1 aliphatic rings. The number of benzene rings is 1. The van der Waals surface area contributed by atoms with Gasteiger partial charge < -0.3 is 10.4 Å². The second-order valence-corrected chi connectivity index (χ2v) is 5.04. The number of thiocarbonyl (C=S) groups is 1. The highest BCUT2D eigenvalue weighted by molar-refractivity contribution is 8.26. The number of nitrogens with one attached hydrogen (secondary N) is 1. The number of rotatable bonds is 2. The number of hydrogen-bond donors (Lipinski definition) is 2. The molecule has 0 atom stereocenters. The first-order valence-electron chi connectivity index (χ1n) is 4.70. The Hall–Kier alpha value is -1.93. The van der Waals surface area contributed by atoms with E-state index in [4.69, 9.17) is 12.2 Å². The van der Waals surface area contributed by atoms with Gasteiger partial charge >= 0.3 is 5.69 Å². The molecule has 1 fully saturated rings. The van der Waals surface area contributed by atoms with E-state index in [2.05, 4.69) is 5.32 Å². The molecule has 0 bridgehead atoms. The number of carbonyl (C=O) groups excluding carboxylic acids is 1. The summed E-state index contributed by atoms with van der Waals surface area (Å²) in [4.78, 5) is 21.7. The number of hydrogen-bond acceptors (Lipinski definition) is 6. The smallest absolute Gasteiger partial charge is 0.311 e. The monoisotopic (exact) mass is 282 g/mol. The van der Waals surface area contributed by atoms with Crippen molar-refractivity contribution in [3.8, 4) is 5.75 Å². The summed E-state index contributed by atoms with van der Waals surface area (Å²) in [7, 11) is 0. The second kappa shape index (κ2) is 4.75. The molecule has 0 radical (unpaired) electrons. The molecule has 1 amide bonds. The summed E-state index contributed by atoms with van der Waals surface area (Å²) in [6.07, 6.45) is 1.36. The summed E-state index contributed by atoms with van der Waals surface area (Å²) in [6, 6.07) is 4.09. The van der Waals surface area contributed by atoms with Crippen molar-refractivity contribution < 1.29 is 14.8 Å². The lowest BCUT2D eigenvalue weighted by molar-refractivity contribution is -0.385. The van der Waals surface area contributed by atoms with E-state index in [1.807, 2.05) is 0 Å². The van der Waals surface area contributed by atoms with Gasteiger partial charge in [-0.25, -0.2) is 0 Å². The Bertz CT molecular complexity index is 598. The second-order valence-electron chi connectivity index (χ2n) is 3.32. The van der Waals surface area contributed by atoms with E-state index >= 15 is 0 Å². The minimum Gasteiger partial charge on any atom is -0.502 e. The average Bonchev–Trinajstić information content (AvgIpc) is 2.60. The molecule has 0 saturated carbocycles. The van der Waals surface area contributed by atoms with E-state index in [-0.39, 0.29) is 16.4 Å². The summed E-state index contributed by atoms with van der Waals surface area (Å²) in [5.74, 6) is -0.850. The van der Waals surface area contributed by atoms with Crippen molar-refractivity contribution in [2.75, 3.05) is 0 Å². The van der Waals surface area contributed by atoms with Gasteiger partial charge in [-0.3, -0.25) is 14.9 Å². The Morgan fingerprint density at radius 2 is 2.22 bits per heavy atom. The summed E-state index contributed by atoms with van der Waals surface area (Å²) >= 11 is 5.85. The van der Waals surface area contributed by atoms with Crippen molar-refractivity contribution in [2.24, 2.45) is 0 Å². The molecule has 1 aromatic carbocycles. The minimum atomic E-state index is -0.691. The molecule has 2 rings (SSSR count). The van der Waals surface area contributed by atoms with Crippen molar-refractivity contribution in [3.63, 3.8) is 0 Å². The van der Waals surface area contributed by atoms with Gasteiger partial charge in [0, 0.05) is 11.6 Å². The quantitative estimate of drug-likeness (QED) is 0.372. The largest absolute Gasteiger partial charge is 0.502 e. The van der Waals surface area contributed by atoms with Crippen LogP contribution >= 0.6 is 24.0 Å². The fraction of sp³-hybridized carbons (Fsp3) is 0. The van der Waals surface area contributed by atoms with E-state index in [0.29, 0.717) is 4.32 Å². The highest BCUT2D eigenvalue weighted by Gasteiger charge is 2.23. The SMILES string of the molecule is O=C1NC(=S)S/C1=C\c1cccc([N+](=O)[O-])c1O. The predicted molar refractivity (Wildman–Crippen MR) is 71.1 cm³/mol. The summed E-state index contributed by atoms with van der Waals surface area (Å²) in [5, 5.41) is 22.8. The highest BCUT2D eigenvalue weighted by atomic mass is 32.2. The number of phenols is 1. The molecule has 1 saturated heterocycles. The van der Waals surface area contributed by atoms with Crippen LogP contribution in [0.3, 0.4) is 0 Å². The number of aromatic hydroxyl groups is 1. The first-order valence-corrected chi connectivity index (χ1v) is 5.92. The summed E-state index contributed by atoms with van der Waals surface area (Å²) < 4.78 is 0.316. The average molecular weight is 282 g/mol. The molecule has 0 aliphatic carbocycles. The minimum absolute atomic E-state index is 0.201. The number of amides is 1. The van der Waals surface area contributed by atoms with Gasteiger partial charge in [0.1, 0.15) is 4.32 Å². The van der Waals surface area contributed by atoms with Crippen LogP contribution < -0.4 is 5.32 Å². The van der Waals surface area contributed by atoms with Gasteiger partial charge in [-0.2, -0.15) is 0 Å². The van der Waals surface area contributed by atoms with Crippen LogP contribution in [0.15, 0.2) is 23.1 Å². The third kappa shape index (κ3) is 2.34. The van der Waals surface area contributed by atoms with E-state index in [1.165, 1.54) is 24.3 Å². The van der Waals surface area contributed by atoms with Crippen molar-refractivity contribution in [1.82, 2.24) is 5.32 Å². The topological polar surface area (TPSA) is 92.5 Å². The molecule has 1 heterocycles. The van der Waals surface area contributed by atoms with Gasteiger partial charge in [-0.15, -0.1) is 0 Å². The Morgan fingerprint density at radius 3 is 2.78 bits per heavy atom. The Morgan fingerprint density at radius 1 is 1.50 bits per heavy atom. The zero-order chi connectivity index (χ0) is 13.3. The molecule has 0 unspecified atom stereocenters. The fourth-order valence-electron chi connectivity index (χ4n) is 1.37.